The van der Waals surface area contributed by atoms with Gasteiger partial charge in [0.15, 0.2) is 0 Å². The fourth-order valence-electron chi connectivity index (χ4n) is 2.06. The summed E-state index contributed by atoms with van der Waals surface area (Å²) in [5, 5.41) is 5.09. The van der Waals surface area contributed by atoms with Crippen LogP contribution in [0.1, 0.15) is 32.6 Å². The molecule has 0 unspecified atom stereocenters. The van der Waals surface area contributed by atoms with Gasteiger partial charge in [-0.25, -0.2) is 8.78 Å². The average Bonchev–Trinajstić information content (AvgIpc) is 3.23. The minimum atomic E-state index is -1.10. The lowest BCUT2D eigenvalue weighted by Gasteiger charge is -2.15. The van der Waals surface area contributed by atoms with Crippen molar-refractivity contribution in [1.82, 2.24) is 5.32 Å². The van der Waals surface area contributed by atoms with Crippen molar-refractivity contribution in [2.45, 2.75) is 32.6 Å². The first-order valence-electron chi connectivity index (χ1n) is 7.04. The van der Waals surface area contributed by atoms with Crippen molar-refractivity contribution in [2.24, 2.45) is 5.41 Å². The van der Waals surface area contributed by atoms with E-state index in [1.54, 1.807) is 0 Å². The van der Waals surface area contributed by atoms with Gasteiger partial charge in [0.1, 0.15) is 17.0 Å². The molecule has 0 aliphatic heterocycles. The molecular weight excluding hydrogens is 278 g/mol. The smallest absolute Gasteiger partial charge is 0.240 e. The lowest BCUT2D eigenvalue weighted by atomic mass is 10.0. The number of carbonyl (C=O) groups excluding carboxylic acids is 2. The summed E-state index contributed by atoms with van der Waals surface area (Å²) in [7, 11) is 0. The summed E-state index contributed by atoms with van der Waals surface area (Å²) in [5.41, 5.74) is -1.22. The Morgan fingerprint density at radius 3 is 2.52 bits per heavy atom. The van der Waals surface area contributed by atoms with Crippen molar-refractivity contribution < 1.29 is 18.4 Å². The molecule has 1 aromatic carbocycles. The topological polar surface area (TPSA) is 58.2 Å². The summed E-state index contributed by atoms with van der Waals surface area (Å²) < 4.78 is 26.3. The number of nitrogens with one attached hydrogen (secondary N) is 2. The first kappa shape index (κ1) is 15.4. The second-order valence-corrected chi connectivity index (χ2v) is 5.27. The maximum atomic E-state index is 13.5. The van der Waals surface area contributed by atoms with Gasteiger partial charge < -0.3 is 10.6 Å². The van der Waals surface area contributed by atoms with E-state index in [1.165, 1.54) is 0 Å². The van der Waals surface area contributed by atoms with Gasteiger partial charge in [0.05, 0.1) is 5.69 Å². The highest BCUT2D eigenvalue weighted by molar-refractivity contribution is 6.13. The molecule has 0 aromatic heterocycles. The molecule has 0 spiro atoms. The number of rotatable bonds is 6. The molecule has 21 heavy (non-hydrogen) atoms. The number of unbranched alkanes of at least 4 members (excludes halogenated alkanes) is 1. The minimum Gasteiger partial charge on any atom is -0.355 e. The number of benzene rings is 1. The SMILES string of the molecule is CCCCNC(=O)C1(C(=O)Nc2ccc(F)cc2F)CC1. The Labute approximate surface area is 121 Å². The summed E-state index contributed by atoms with van der Waals surface area (Å²) in [6, 6.07) is 2.89. The minimum absolute atomic E-state index is 0.117. The fourth-order valence-corrected chi connectivity index (χ4v) is 2.06. The van der Waals surface area contributed by atoms with Gasteiger partial charge in [0, 0.05) is 12.6 Å². The summed E-state index contributed by atoms with van der Waals surface area (Å²) in [5.74, 6) is -2.44. The maximum Gasteiger partial charge on any atom is 0.240 e. The van der Waals surface area contributed by atoms with Gasteiger partial charge in [-0.2, -0.15) is 0 Å². The van der Waals surface area contributed by atoms with E-state index in [-0.39, 0.29) is 11.6 Å². The average molecular weight is 296 g/mol. The monoisotopic (exact) mass is 296 g/mol. The number of amides is 2. The molecule has 1 fully saturated rings. The molecule has 0 radical (unpaired) electrons. The standard InChI is InChI=1S/C15H18F2N2O2/c1-2-3-8-18-13(20)15(6-7-15)14(21)19-12-5-4-10(16)9-11(12)17/h4-5,9H,2-3,6-8H2,1H3,(H,18,20)(H,19,21). The third kappa shape index (κ3) is 3.37. The molecule has 2 amide bonds. The van der Waals surface area contributed by atoms with E-state index >= 15 is 0 Å². The molecule has 2 N–H and O–H groups in total. The second kappa shape index (κ2) is 6.20. The predicted octanol–water partition coefficient (Wildman–Crippen LogP) is 2.60. The van der Waals surface area contributed by atoms with Crippen LogP contribution in [0.25, 0.3) is 0 Å². The van der Waals surface area contributed by atoms with Crippen LogP contribution in [0.5, 0.6) is 0 Å². The van der Waals surface area contributed by atoms with Gasteiger partial charge in [-0.1, -0.05) is 13.3 Å². The van der Waals surface area contributed by atoms with Crippen LogP contribution in [0.15, 0.2) is 18.2 Å². The Balaban J connectivity index is 2.00. The van der Waals surface area contributed by atoms with Gasteiger partial charge in [-0.05, 0) is 31.4 Å². The van der Waals surface area contributed by atoms with Crippen LogP contribution in [0.3, 0.4) is 0 Å². The van der Waals surface area contributed by atoms with Crippen LogP contribution in [-0.2, 0) is 9.59 Å². The third-order valence-corrected chi connectivity index (χ3v) is 3.61. The molecule has 0 saturated heterocycles. The molecular formula is C15H18F2N2O2. The van der Waals surface area contributed by atoms with Crippen LogP contribution >= 0.6 is 0 Å². The molecule has 2 rings (SSSR count). The van der Waals surface area contributed by atoms with Gasteiger partial charge >= 0.3 is 0 Å². The number of hydrogen-bond donors (Lipinski definition) is 2. The number of anilines is 1. The van der Waals surface area contributed by atoms with Crippen molar-refractivity contribution in [3.63, 3.8) is 0 Å². The van der Waals surface area contributed by atoms with Gasteiger partial charge in [-0.15, -0.1) is 0 Å². The molecule has 0 atom stereocenters. The van der Waals surface area contributed by atoms with Crippen LogP contribution in [0, 0.1) is 17.0 Å². The van der Waals surface area contributed by atoms with E-state index < -0.39 is 23.0 Å². The van der Waals surface area contributed by atoms with Crippen LogP contribution in [0.4, 0.5) is 14.5 Å². The summed E-state index contributed by atoms with van der Waals surface area (Å²) >= 11 is 0. The predicted molar refractivity (Wildman–Crippen MR) is 74.6 cm³/mol. The molecule has 1 aliphatic rings. The second-order valence-electron chi connectivity index (χ2n) is 5.27. The van der Waals surface area contributed by atoms with E-state index in [0.29, 0.717) is 25.5 Å². The van der Waals surface area contributed by atoms with Crippen molar-refractivity contribution in [2.75, 3.05) is 11.9 Å². The Morgan fingerprint density at radius 2 is 1.95 bits per heavy atom. The molecule has 4 nitrogen and oxygen atoms in total. The molecule has 0 bridgehead atoms. The molecule has 6 heteroatoms. The Kier molecular flexibility index (Phi) is 4.55. The van der Waals surface area contributed by atoms with Gasteiger partial charge in [0.2, 0.25) is 11.8 Å². The highest BCUT2D eigenvalue weighted by Gasteiger charge is 2.56. The summed E-state index contributed by atoms with van der Waals surface area (Å²) in [6.45, 7) is 2.53. The van der Waals surface area contributed by atoms with Crippen LogP contribution < -0.4 is 10.6 Å². The molecule has 0 heterocycles. The lowest BCUT2D eigenvalue weighted by molar-refractivity contribution is -0.134. The number of halogens is 2. The van der Waals surface area contributed by atoms with Crippen molar-refractivity contribution in [3.05, 3.63) is 29.8 Å². The fraction of sp³-hybridized carbons (Fsp3) is 0.467. The zero-order valence-corrected chi connectivity index (χ0v) is 11.8. The summed E-state index contributed by atoms with van der Waals surface area (Å²) in [6.07, 6.45) is 2.68. The first-order chi connectivity index (χ1) is 9.99. The lowest BCUT2D eigenvalue weighted by Crippen LogP contribution is -2.40. The van der Waals surface area contributed by atoms with E-state index in [2.05, 4.69) is 10.6 Å². The maximum absolute atomic E-state index is 13.5. The Bertz CT molecular complexity index is 557. The van der Waals surface area contributed by atoms with E-state index in [0.717, 1.165) is 25.0 Å². The molecule has 1 saturated carbocycles. The molecule has 1 aliphatic carbocycles. The normalized spacial score (nSPS) is 15.4. The Morgan fingerprint density at radius 1 is 1.24 bits per heavy atom. The molecule has 1 aromatic rings. The first-order valence-corrected chi connectivity index (χ1v) is 7.04. The van der Waals surface area contributed by atoms with Gasteiger partial charge in [-0.3, -0.25) is 9.59 Å². The van der Waals surface area contributed by atoms with E-state index in [1.807, 2.05) is 6.92 Å². The zero-order valence-electron chi connectivity index (χ0n) is 11.8. The third-order valence-electron chi connectivity index (χ3n) is 3.61. The number of carbonyl (C=O) groups is 2. The highest BCUT2D eigenvalue weighted by atomic mass is 19.1. The van der Waals surface area contributed by atoms with Crippen molar-refractivity contribution >= 4 is 17.5 Å². The van der Waals surface area contributed by atoms with Crippen molar-refractivity contribution in [1.29, 1.82) is 0 Å². The van der Waals surface area contributed by atoms with Gasteiger partial charge in [0.25, 0.3) is 0 Å². The van der Waals surface area contributed by atoms with E-state index in [4.69, 9.17) is 0 Å². The van der Waals surface area contributed by atoms with Crippen molar-refractivity contribution in [3.8, 4) is 0 Å². The number of hydrogen-bond acceptors (Lipinski definition) is 2. The van der Waals surface area contributed by atoms with Crippen LogP contribution in [0.2, 0.25) is 0 Å². The quantitative estimate of drug-likeness (QED) is 0.626. The van der Waals surface area contributed by atoms with Crippen LogP contribution in [-0.4, -0.2) is 18.4 Å². The zero-order chi connectivity index (χ0) is 15.5. The molecule has 114 valence electrons. The van der Waals surface area contributed by atoms with E-state index in [9.17, 15) is 18.4 Å². The summed E-state index contributed by atoms with van der Waals surface area (Å²) in [4.78, 5) is 24.2. The highest BCUT2D eigenvalue weighted by Crippen LogP contribution is 2.46. The largest absolute Gasteiger partial charge is 0.355 e. The Hall–Kier alpha value is -1.98.